The molecule has 2 heterocycles. The molecule has 1 aliphatic heterocycles. The van der Waals surface area contributed by atoms with Crippen molar-refractivity contribution in [2.45, 2.75) is 6.42 Å². The van der Waals surface area contributed by atoms with Crippen LogP contribution in [0.1, 0.15) is 6.42 Å². The molecule has 8 heteroatoms. The summed E-state index contributed by atoms with van der Waals surface area (Å²) in [7, 11) is 0. The van der Waals surface area contributed by atoms with Crippen molar-refractivity contribution in [1.82, 2.24) is 9.97 Å². The summed E-state index contributed by atoms with van der Waals surface area (Å²) in [5.74, 6) is 1.66. The number of para-hydroxylation sites is 1. The zero-order valence-electron chi connectivity index (χ0n) is 14.5. The Hall–Kier alpha value is -3.13. The molecule has 0 aliphatic carbocycles. The number of ether oxygens (including phenoxy) is 2. The van der Waals surface area contributed by atoms with Gasteiger partial charge in [0, 0.05) is 30.3 Å². The molecule has 4 rings (SSSR count). The number of aromatic nitrogens is 2. The van der Waals surface area contributed by atoms with Crippen molar-refractivity contribution in [2.75, 3.05) is 37.0 Å². The molecule has 7 nitrogen and oxygen atoms in total. The van der Waals surface area contributed by atoms with Crippen LogP contribution in [0, 0.1) is 5.82 Å². The van der Waals surface area contributed by atoms with E-state index < -0.39 is 5.82 Å². The highest BCUT2D eigenvalue weighted by atomic mass is 19.1. The molecule has 1 aliphatic rings. The lowest BCUT2D eigenvalue weighted by Crippen LogP contribution is -2.15. The van der Waals surface area contributed by atoms with E-state index in [1.807, 2.05) is 6.07 Å². The second kappa shape index (κ2) is 7.63. The van der Waals surface area contributed by atoms with Crippen LogP contribution in [0.25, 0.3) is 10.9 Å². The Kier molecular flexibility index (Phi) is 4.88. The molecule has 140 valence electrons. The van der Waals surface area contributed by atoms with Gasteiger partial charge in [-0.1, -0.05) is 6.07 Å². The Morgan fingerprint density at radius 2 is 1.93 bits per heavy atom. The molecule has 2 aromatic carbocycles. The van der Waals surface area contributed by atoms with Gasteiger partial charge >= 0.3 is 0 Å². The van der Waals surface area contributed by atoms with E-state index in [1.54, 1.807) is 24.3 Å². The summed E-state index contributed by atoms with van der Waals surface area (Å²) in [4.78, 5) is 8.78. The van der Waals surface area contributed by atoms with Gasteiger partial charge < -0.3 is 25.2 Å². The summed E-state index contributed by atoms with van der Waals surface area (Å²) in [6.07, 6.45) is 0.561. The number of nitrogens with zero attached hydrogens (tertiary/aromatic N) is 2. The summed E-state index contributed by atoms with van der Waals surface area (Å²) in [6.45, 7) is 1.60. The SMILES string of the molecule is OCCCNc1nc(Nc2ccc3c(c2)OCCO3)nc2c(F)cccc12. The van der Waals surface area contributed by atoms with E-state index in [1.165, 1.54) is 6.07 Å². The maximum Gasteiger partial charge on any atom is 0.229 e. The number of halogens is 1. The van der Waals surface area contributed by atoms with Gasteiger partial charge in [0.1, 0.15) is 30.4 Å². The van der Waals surface area contributed by atoms with Crippen LogP contribution < -0.4 is 20.1 Å². The smallest absolute Gasteiger partial charge is 0.229 e. The van der Waals surface area contributed by atoms with Crippen LogP contribution in [0.5, 0.6) is 11.5 Å². The van der Waals surface area contributed by atoms with Crippen LogP contribution in [0.15, 0.2) is 36.4 Å². The van der Waals surface area contributed by atoms with E-state index in [-0.39, 0.29) is 18.1 Å². The maximum atomic E-state index is 14.3. The summed E-state index contributed by atoms with van der Waals surface area (Å²) < 4.78 is 25.4. The van der Waals surface area contributed by atoms with Crippen molar-refractivity contribution in [1.29, 1.82) is 0 Å². The number of rotatable bonds is 6. The first-order chi connectivity index (χ1) is 13.2. The third-order valence-corrected chi connectivity index (χ3v) is 4.10. The second-order valence-electron chi connectivity index (χ2n) is 6.02. The zero-order chi connectivity index (χ0) is 18.6. The van der Waals surface area contributed by atoms with Gasteiger partial charge in [-0.25, -0.2) is 9.37 Å². The standard InChI is InChI=1S/C19H19FN4O3/c20-14-4-1-3-13-17(14)23-19(24-18(13)21-7-2-8-25)22-12-5-6-15-16(11-12)27-10-9-26-15/h1,3-6,11,25H,2,7-10H2,(H2,21,22,23,24). The highest BCUT2D eigenvalue weighted by molar-refractivity contribution is 5.90. The highest BCUT2D eigenvalue weighted by Gasteiger charge is 2.14. The van der Waals surface area contributed by atoms with Crippen LogP contribution in [0.3, 0.4) is 0 Å². The second-order valence-corrected chi connectivity index (χ2v) is 6.02. The quantitative estimate of drug-likeness (QED) is 0.575. The Balaban J connectivity index is 1.67. The van der Waals surface area contributed by atoms with Crippen LogP contribution in [-0.4, -0.2) is 41.4 Å². The third kappa shape index (κ3) is 3.70. The molecule has 0 amide bonds. The summed E-state index contributed by atoms with van der Waals surface area (Å²) in [5, 5.41) is 15.8. The molecular formula is C19H19FN4O3. The molecule has 0 radical (unpaired) electrons. The normalized spacial score (nSPS) is 12.8. The number of anilines is 3. The molecule has 0 saturated heterocycles. The van der Waals surface area contributed by atoms with Crippen LogP contribution >= 0.6 is 0 Å². The van der Waals surface area contributed by atoms with E-state index in [0.717, 1.165) is 0 Å². The molecule has 0 saturated carbocycles. The first-order valence-corrected chi connectivity index (χ1v) is 8.72. The van der Waals surface area contributed by atoms with E-state index in [9.17, 15) is 4.39 Å². The van der Waals surface area contributed by atoms with Gasteiger partial charge in [-0.3, -0.25) is 0 Å². The molecule has 0 unspecified atom stereocenters. The fraction of sp³-hybridized carbons (Fsp3) is 0.263. The van der Waals surface area contributed by atoms with Gasteiger partial charge in [0.15, 0.2) is 11.5 Å². The minimum atomic E-state index is -0.426. The molecule has 1 aromatic heterocycles. The van der Waals surface area contributed by atoms with Crippen molar-refractivity contribution in [3.05, 3.63) is 42.2 Å². The fourth-order valence-corrected chi connectivity index (χ4v) is 2.84. The average Bonchev–Trinajstić information content (AvgIpc) is 2.69. The number of fused-ring (bicyclic) bond motifs is 2. The lowest BCUT2D eigenvalue weighted by molar-refractivity contribution is 0.171. The van der Waals surface area contributed by atoms with Crippen LogP contribution in [-0.2, 0) is 0 Å². The molecule has 0 fully saturated rings. The van der Waals surface area contributed by atoms with Crippen molar-refractivity contribution < 1.29 is 19.0 Å². The largest absolute Gasteiger partial charge is 0.486 e. The minimum absolute atomic E-state index is 0.0622. The van der Waals surface area contributed by atoms with E-state index in [4.69, 9.17) is 14.6 Å². The Labute approximate surface area is 155 Å². The summed E-state index contributed by atoms with van der Waals surface area (Å²) in [6, 6.07) is 10.2. The number of benzene rings is 2. The van der Waals surface area contributed by atoms with Crippen molar-refractivity contribution in [2.24, 2.45) is 0 Å². The predicted molar refractivity (Wildman–Crippen MR) is 100 cm³/mol. The monoisotopic (exact) mass is 370 g/mol. The van der Waals surface area contributed by atoms with Crippen LogP contribution in [0.4, 0.5) is 21.8 Å². The van der Waals surface area contributed by atoms with Gasteiger partial charge in [0.05, 0.1) is 0 Å². The van der Waals surface area contributed by atoms with Crippen LogP contribution in [0.2, 0.25) is 0 Å². The highest BCUT2D eigenvalue weighted by Crippen LogP contribution is 2.33. The van der Waals surface area contributed by atoms with E-state index in [0.29, 0.717) is 54.6 Å². The topological polar surface area (TPSA) is 88.5 Å². The van der Waals surface area contributed by atoms with Gasteiger partial charge in [0.25, 0.3) is 0 Å². The minimum Gasteiger partial charge on any atom is -0.486 e. The van der Waals surface area contributed by atoms with Gasteiger partial charge in [-0.15, -0.1) is 0 Å². The molecule has 0 bridgehead atoms. The fourth-order valence-electron chi connectivity index (χ4n) is 2.84. The Morgan fingerprint density at radius 1 is 1.07 bits per heavy atom. The molecule has 0 spiro atoms. The van der Waals surface area contributed by atoms with E-state index >= 15 is 0 Å². The summed E-state index contributed by atoms with van der Waals surface area (Å²) >= 11 is 0. The van der Waals surface area contributed by atoms with Crippen molar-refractivity contribution in [3.63, 3.8) is 0 Å². The number of hydrogen-bond donors (Lipinski definition) is 3. The molecule has 3 aromatic rings. The average molecular weight is 370 g/mol. The number of aliphatic hydroxyl groups is 1. The number of nitrogens with one attached hydrogen (secondary N) is 2. The summed E-state index contributed by atoms with van der Waals surface area (Å²) in [5.41, 5.74) is 0.926. The predicted octanol–water partition coefficient (Wildman–Crippen LogP) is 3.08. The number of hydrogen-bond acceptors (Lipinski definition) is 7. The third-order valence-electron chi connectivity index (χ3n) is 4.10. The first kappa shape index (κ1) is 17.3. The zero-order valence-corrected chi connectivity index (χ0v) is 14.5. The Bertz CT molecular complexity index is 967. The van der Waals surface area contributed by atoms with Gasteiger partial charge in [-0.05, 0) is 30.7 Å². The molecular weight excluding hydrogens is 351 g/mol. The molecule has 0 atom stereocenters. The number of aliphatic hydroxyl groups excluding tert-OH is 1. The lowest BCUT2D eigenvalue weighted by Gasteiger charge is -2.19. The van der Waals surface area contributed by atoms with Gasteiger partial charge in [-0.2, -0.15) is 4.98 Å². The lowest BCUT2D eigenvalue weighted by atomic mass is 10.2. The first-order valence-electron chi connectivity index (χ1n) is 8.72. The van der Waals surface area contributed by atoms with Crippen molar-refractivity contribution >= 4 is 28.4 Å². The van der Waals surface area contributed by atoms with E-state index in [2.05, 4.69) is 20.6 Å². The molecule has 27 heavy (non-hydrogen) atoms. The van der Waals surface area contributed by atoms with Gasteiger partial charge in [0.2, 0.25) is 5.95 Å². The maximum absolute atomic E-state index is 14.3. The van der Waals surface area contributed by atoms with Crippen molar-refractivity contribution in [3.8, 4) is 11.5 Å². The molecule has 3 N–H and O–H groups in total. The Morgan fingerprint density at radius 3 is 2.78 bits per heavy atom.